The van der Waals surface area contributed by atoms with Crippen molar-refractivity contribution in [2.45, 2.75) is 42.3 Å². The third-order valence-electron chi connectivity index (χ3n) is 9.57. The van der Waals surface area contributed by atoms with Crippen molar-refractivity contribution in [3.05, 3.63) is 48.6 Å². The molecule has 0 bridgehead atoms. The molecule has 11 heteroatoms. The average Bonchev–Trinajstić information content (AvgIpc) is 3.29. The molecule has 1 aromatic carbocycles. The maximum absolute atomic E-state index is 14.5. The molecule has 1 N–H and O–H groups in total. The van der Waals surface area contributed by atoms with Crippen molar-refractivity contribution in [1.29, 1.82) is 0 Å². The predicted octanol–water partition coefficient (Wildman–Crippen LogP) is 1.79. The van der Waals surface area contributed by atoms with Gasteiger partial charge in [-0.3, -0.25) is 19.3 Å². The number of amides is 3. The molecule has 0 aliphatic carbocycles. The molecule has 3 amide bonds. The quantitative estimate of drug-likeness (QED) is 0.445. The van der Waals surface area contributed by atoms with Crippen molar-refractivity contribution in [3.8, 4) is 5.75 Å². The first-order valence-electron chi connectivity index (χ1n) is 15.4. The van der Waals surface area contributed by atoms with Gasteiger partial charge in [-0.2, -0.15) is 0 Å². The Morgan fingerprint density at radius 3 is 2.42 bits per heavy atom. The van der Waals surface area contributed by atoms with Crippen LogP contribution in [-0.2, 0) is 19.1 Å². The van der Waals surface area contributed by atoms with Crippen LogP contribution in [0.4, 0.5) is 5.69 Å². The fourth-order valence-electron chi connectivity index (χ4n) is 7.48. The van der Waals surface area contributed by atoms with Gasteiger partial charge in [0.05, 0.1) is 49.1 Å². The second-order valence-corrected chi connectivity index (χ2v) is 14.0. The van der Waals surface area contributed by atoms with Crippen molar-refractivity contribution in [2.75, 3.05) is 70.6 Å². The number of nitrogens with zero attached hydrogens (tertiary/aromatic N) is 4. The summed E-state index contributed by atoms with van der Waals surface area (Å²) >= 11 is 1.56. The number of aliphatic hydroxyl groups excluding tert-OH is 1. The Balaban J connectivity index is 1.35. The Morgan fingerprint density at radius 1 is 1.00 bits per heavy atom. The zero-order valence-electron chi connectivity index (χ0n) is 25.2. The largest absolute Gasteiger partial charge is 0.494 e. The molecular formula is C32H42N4O6S. The molecule has 5 heterocycles. The van der Waals surface area contributed by atoms with E-state index in [0.29, 0.717) is 39.5 Å². The van der Waals surface area contributed by atoms with Gasteiger partial charge in [-0.25, -0.2) is 0 Å². The fraction of sp³-hybridized carbons (Fsp3) is 0.594. The Bertz CT molecular complexity index is 1300. The lowest BCUT2D eigenvalue weighted by Crippen LogP contribution is -2.57. The van der Waals surface area contributed by atoms with Crippen LogP contribution in [0.15, 0.2) is 48.6 Å². The minimum Gasteiger partial charge on any atom is -0.494 e. The van der Waals surface area contributed by atoms with Crippen LogP contribution >= 0.6 is 11.8 Å². The van der Waals surface area contributed by atoms with Gasteiger partial charge in [-0.05, 0) is 45.0 Å². The first-order chi connectivity index (χ1) is 20.7. The molecule has 0 aromatic heterocycles. The third kappa shape index (κ3) is 5.08. The summed E-state index contributed by atoms with van der Waals surface area (Å²) in [5.74, 6) is -1.21. The number of ether oxygens (including phenoxy) is 2. The van der Waals surface area contributed by atoms with E-state index in [1.807, 2.05) is 61.2 Å². The molecule has 5 aliphatic rings. The Morgan fingerprint density at radius 2 is 1.72 bits per heavy atom. The molecular weight excluding hydrogens is 568 g/mol. The second kappa shape index (κ2) is 11.9. The maximum Gasteiger partial charge on any atom is 0.247 e. The number of fused-ring (bicyclic) bond motifs is 2. The molecule has 6 atom stereocenters. The van der Waals surface area contributed by atoms with Crippen LogP contribution in [0.25, 0.3) is 0 Å². The van der Waals surface area contributed by atoms with Gasteiger partial charge in [0.2, 0.25) is 17.7 Å². The number of carbonyl (C=O) groups excluding carboxylic acids is 3. The zero-order chi connectivity index (χ0) is 30.4. The number of morpholine rings is 1. The highest BCUT2D eigenvalue weighted by Crippen LogP contribution is 2.65. The van der Waals surface area contributed by atoms with Crippen molar-refractivity contribution < 1.29 is 29.0 Å². The highest BCUT2D eigenvalue weighted by Gasteiger charge is 2.74. The van der Waals surface area contributed by atoms with Gasteiger partial charge in [0, 0.05) is 49.7 Å². The summed E-state index contributed by atoms with van der Waals surface area (Å²) in [6.07, 6.45) is 8.10. The number of anilines is 1. The number of aliphatic hydroxyl groups is 1. The SMILES string of the molecule is CCOc1ccc(N2CC=C[C@@]3(C)S[C@]45C=CCN(CCN6CCOCC6)C(=O)C4N([C@H](C)CO)C(=O)[C@@H]5[C@H]3C2=O)cc1. The van der Waals surface area contributed by atoms with Crippen LogP contribution in [0, 0.1) is 11.8 Å². The van der Waals surface area contributed by atoms with Gasteiger partial charge >= 0.3 is 0 Å². The summed E-state index contributed by atoms with van der Waals surface area (Å²) in [4.78, 5) is 51.0. The van der Waals surface area contributed by atoms with Gasteiger partial charge in [-0.15, -0.1) is 11.8 Å². The molecule has 5 aliphatic heterocycles. The van der Waals surface area contributed by atoms with Gasteiger partial charge in [0.1, 0.15) is 11.8 Å². The molecule has 43 heavy (non-hydrogen) atoms. The van der Waals surface area contributed by atoms with Crippen LogP contribution in [0.5, 0.6) is 5.75 Å². The number of hydrogen-bond acceptors (Lipinski definition) is 8. The number of hydrogen-bond donors (Lipinski definition) is 1. The third-order valence-corrected chi connectivity index (χ3v) is 11.4. The molecule has 1 aromatic rings. The van der Waals surface area contributed by atoms with Gasteiger partial charge in [0.25, 0.3) is 0 Å². The van der Waals surface area contributed by atoms with Crippen molar-refractivity contribution >= 4 is 35.2 Å². The van der Waals surface area contributed by atoms with Crippen LogP contribution in [0.2, 0.25) is 0 Å². The summed E-state index contributed by atoms with van der Waals surface area (Å²) in [5.41, 5.74) is 0.734. The summed E-state index contributed by atoms with van der Waals surface area (Å²) < 4.78 is 9.44. The first-order valence-corrected chi connectivity index (χ1v) is 16.2. The number of carbonyl (C=O) groups is 3. The monoisotopic (exact) mass is 610 g/mol. The van der Waals surface area contributed by atoms with Crippen LogP contribution in [-0.4, -0.2) is 125 Å². The fourth-order valence-corrected chi connectivity index (χ4v) is 9.62. The van der Waals surface area contributed by atoms with Crippen LogP contribution in [0.1, 0.15) is 20.8 Å². The first kappa shape index (κ1) is 30.2. The summed E-state index contributed by atoms with van der Waals surface area (Å²) in [6, 6.07) is 6.07. The molecule has 10 nitrogen and oxygen atoms in total. The van der Waals surface area contributed by atoms with Crippen molar-refractivity contribution in [2.24, 2.45) is 11.8 Å². The highest BCUT2D eigenvalue weighted by molar-refractivity contribution is 8.02. The van der Waals surface area contributed by atoms with E-state index in [-0.39, 0.29) is 24.3 Å². The standard InChI is InChI=1S/C32H42N4O6S/c1-4-42-24-9-7-23(8-10-24)35-14-5-11-31(3)25(28(35)38)26-29(39)36(22(2)21-37)27-30(40)34(13-6-12-32(26,27)43-31)16-15-33-17-19-41-20-18-33/h5-12,22,25-27,37H,4,13-21H2,1-3H3/t22-,25+,26+,27?,31-,32+/m1/s1. The minimum atomic E-state index is -0.938. The topological polar surface area (TPSA) is 103 Å². The molecule has 0 saturated carbocycles. The molecule has 232 valence electrons. The van der Waals surface area contributed by atoms with E-state index in [1.54, 1.807) is 28.5 Å². The van der Waals surface area contributed by atoms with E-state index >= 15 is 0 Å². The van der Waals surface area contributed by atoms with Crippen molar-refractivity contribution in [3.63, 3.8) is 0 Å². The lowest BCUT2D eigenvalue weighted by Gasteiger charge is -2.39. The molecule has 6 rings (SSSR count). The molecule has 3 fully saturated rings. The van der Waals surface area contributed by atoms with Gasteiger partial charge in [0.15, 0.2) is 0 Å². The van der Waals surface area contributed by atoms with Crippen LogP contribution < -0.4 is 9.64 Å². The smallest absolute Gasteiger partial charge is 0.247 e. The normalized spacial score (nSPS) is 33.3. The molecule has 3 saturated heterocycles. The van der Waals surface area contributed by atoms with E-state index in [2.05, 4.69) is 11.0 Å². The Labute approximate surface area is 257 Å². The minimum absolute atomic E-state index is 0.123. The highest BCUT2D eigenvalue weighted by atomic mass is 32.2. The second-order valence-electron chi connectivity index (χ2n) is 12.2. The van der Waals surface area contributed by atoms with E-state index in [1.165, 1.54) is 0 Å². The van der Waals surface area contributed by atoms with Gasteiger partial charge < -0.3 is 29.3 Å². The molecule has 0 radical (unpaired) electrons. The summed E-state index contributed by atoms with van der Waals surface area (Å²) in [7, 11) is 0. The lowest BCUT2D eigenvalue weighted by atomic mass is 9.74. The number of rotatable bonds is 8. The lowest BCUT2D eigenvalue weighted by molar-refractivity contribution is -0.145. The molecule has 1 spiro atoms. The predicted molar refractivity (Wildman–Crippen MR) is 165 cm³/mol. The van der Waals surface area contributed by atoms with E-state index in [9.17, 15) is 19.5 Å². The number of thioether (sulfide) groups is 1. The van der Waals surface area contributed by atoms with E-state index in [0.717, 1.165) is 31.1 Å². The van der Waals surface area contributed by atoms with E-state index < -0.39 is 33.4 Å². The summed E-state index contributed by atoms with van der Waals surface area (Å²) in [5, 5.41) is 10.2. The zero-order valence-corrected chi connectivity index (χ0v) is 26.0. The number of likely N-dealkylation sites (tertiary alicyclic amines) is 1. The molecule has 1 unspecified atom stereocenters. The van der Waals surface area contributed by atoms with Crippen LogP contribution in [0.3, 0.4) is 0 Å². The Hall–Kier alpha value is -2.86. The average molecular weight is 611 g/mol. The maximum atomic E-state index is 14.5. The van der Waals surface area contributed by atoms with E-state index in [4.69, 9.17) is 9.47 Å². The Kier molecular flexibility index (Phi) is 8.36. The number of benzene rings is 1. The van der Waals surface area contributed by atoms with Gasteiger partial charge in [-0.1, -0.05) is 24.3 Å². The van der Waals surface area contributed by atoms with Crippen molar-refractivity contribution in [1.82, 2.24) is 14.7 Å². The summed E-state index contributed by atoms with van der Waals surface area (Å²) in [6.45, 7) is 11.1.